The number of halogens is 1. The topological polar surface area (TPSA) is 59.4 Å². The third-order valence-corrected chi connectivity index (χ3v) is 2.68. The standard InChI is InChI=1S/C14H12ClNO3/c1-8-5-9(2)7-10(6-8)19-13-11(14(17)18)3-4-12(15)16-13/h3-7H,1-2H3,(H,17,18). The van der Waals surface area contributed by atoms with Gasteiger partial charge in [0.1, 0.15) is 16.5 Å². The van der Waals surface area contributed by atoms with Crippen LogP contribution >= 0.6 is 11.6 Å². The van der Waals surface area contributed by atoms with Gasteiger partial charge in [-0.3, -0.25) is 0 Å². The van der Waals surface area contributed by atoms with Gasteiger partial charge >= 0.3 is 5.97 Å². The second-order valence-corrected chi connectivity index (χ2v) is 4.60. The largest absolute Gasteiger partial charge is 0.477 e. The first-order valence-corrected chi connectivity index (χ1v) is 5.99. The molecule has 98 valence electrons. The number of ether oxygens (including phenoxy) is 1. The van der Waals surface area contributed by atoms with E-state index in [0.29, 0.717) is 5.75 Å². The van der Waals surface area contributed by atoms with E-state index in [1.807, 2.05) is 19.9 Å². The number of aromatic carboxylic acids is 1. The summed E-state index contributed by atoms with van der Waals surface area (Å²) in [6, 6.07) is 8.40. The average molecular weight is 278 g/mol. The molecular formula is C14H12ClNO3. The number of benzene rings is 1. The molecule has 0 fully saturated rings. The van der Waals surface area contributed by atoms with E-state index in [9.17, 15) is 4.79 Å². The Morgan fingerprint density at radius 1 is 1.21 bits per heavy atom. The van der Waals surface area contributed by atoms with Crippen LogP contribution in [0.25, 0.3) is 0 Å². The molecule has 0 saturated heterocycles. The summed E-state index contributed by atoms with van der Waals surface area (Å²) in [5.74, 6) is -0.580. The first-order valence-electron chi connectivity index (χ1n) is 5.61. The second kappa shape index (κ2) is 5.28. The number of aryl methyl sites for hydroxylation is 2. The van der Waals surface area contributed by atoms with Crippen LogP contribution in [0.15, 0.2) is 30.3 Å². The van der Waals surface area contributed by atoms with Gasteiger partial charge in [0, 0.05) is 0 Å². The molecule has 1 heterocycles. The molecule has 0 atom stereocenters. The third kappa shape index (κ3) is 3.23. The van der Waals surface area contributed by atoms with Crippen molar-refractivity contribution >= 4 is 17.6 Å². The zero-order valence-electron chi connectivity index (χ0n) is 10.5. The first-order chi connectivity index (χ1) is 8.95. The highest BCUT2D eigenvalue weighted by Gasteiger charge is 2.14. The van der Waals surface area contributed by atoms with Crippen LogP contribution in [0.4, 0.5) is 0 Å². The normalized spacial score (nSPS) is 10.3. The van der Waals surface area contributed by atoms with Crippen molar-refractivity contribution in [3.63, 3.8) is 0 Å². The molecule has 0 aliphatic rings. The molecule has 1 aromatic heterocycles. The predicted molar refractivity (Wildman–Crippen MR) is 72.2 cm³/mol. The molecule has 1 N–H and O–H groups in total. The van der Waals surface area contributed by atoms with Gasteiger partial charge in [-0.05, 0) is 49.2 Å². The maximum Gasteiger partial charge on any atom is 0.341 e. The highest BCUT2D eigenvalue weighted by atomic mass is 35.5. The number of rotatable bonds is 3. The van der Waals surface area contributed by atoms with E-state index < -0.39 is 5.97 Å². The van der Waals surface area contributed by atoms with Gasteiger partial charge in [-0.15, -0.1) is 0 Å². The minimum absolute atomic E-state index is 0.00926. The van der Waals surface area contributed by atoms with Crippen molar-refractivity contribution < 1.29 is 14.6 Å². The van der Waals surface area contributed by atoms with Gasteiger partial charge < -0.3 is 9.84 Å². The van der Waals surface area contributed by atoms with Gasteiger partial charge in [0.25, 0.3) is 0 Å². The Morgan fingerprint density at radius 3 is 2.42 bits per heavy atom. The van der Waals surface area contributed by atoms with E-state index in [1.54, 1.807) is 12.1 Å². The molecule has 2 aromatic rings. The summed E-state index contributed by atoms with van der Waals surface area (Å²) in [4.78, 5) is 15.0. The molecule has 0 saturated carbocycles. The van der Waals surface area contributed by atoms with Crippen molar-refractivity contribution in [2.75, 3.05) is 0 Å². The highest BCUT2D eigenvalue weighted by Crippen LogP contribution is 2.26. The molecule has 0 aliphatic heterocycles. The van der Waals surface area contributed by atoms with E-state index in [0.717, 1.165) is 11.1 Å². The predicted octanol–water partition coefficient (Wildman–Crippen LogP) is 3.84. The lowest BCUT2D eigenvalue weighted by atomic mass is 10.1. The summed E-state index contributed by atoms with van der Waals surface area (Å²) in [5, 5.41) is 9.27. The number of pyridine rings is 1. The Hall–Kier alpha value is -2.07. The van der Waals surface area contributed by atoms with Crippen LogP contribution in [0.1, 0.15) is 21.5 Å². The Bertz CT molecular complexity index is 620. The minimum atomic E-state index is -1.11. The van der Waals surface area contributed by atoms with E-state index in [-0.39, 0.29) is 16.6 Å². The molecule has 0 bridgehead atoms. The summed E-state index contributed by atoms with van der Waals surface area (Å²) >= 11 is 5.77. The maximum absolute atomic E-state index is 11.1. The lowest BCUT2D eigenvalue weighted by Gasteiger charge is -2.09. The number of carbonyl (C=O) groups is 1. The monoisotopic (exact) mass is 277 g/mol. The summed E-state index contributed by atoms with van der Waals surface area (Å²) < 4.78 is 5.54. The van der Waals surface area contributed by atoms with E-state index >= 15 is 0 Å². The van der Waals surface area contributed by atoms with Gasteiger partial charge in [-0.25, -0.2) is 9.78 Å². The Balaban J connectivity index is 2.42. The molecule has 4 nitrogen and oxygen atoms in total. The average Bonchev–Trinajstić information content (AvgIpc) is 2.26. The fraction of sp³-hybridized carbons (Fsp3) is 0.143. The smallest absolute Gasteiger partial charge is 0.341 e. The number of hydrogen-bond acceptors (Lipinski definition) is 3. The van der Waals surface area contributed by atoms with Crippen LogP contribution in [-0.4, -0.2) is 16.1 Å². The molecule has 0 spiro atoms. The van der Waals surface area contributed by atoms with E-state index in [4.69, 9.17) is 21.4 Å². The van der Waals surface area contributed by atoms with Crippen LogP contribution in [0.2, 0.25) is 5.15 Å². The number of nitrogens with zero attached hydrogens (tertiary/aromatic N) is 1. The molecule has 2 rings (SSSR count). The van der Waals surface area contributed by atoms with Gasteiger partial charge in [0.2, 0.25) is 5.88 Å². The molecule has 0 aliphatic carbocycles. The Labute approximate surface area is 115 Å². The van der Waals surface area contributed by atoms with Crippen molar-refractivity contribution in [2.45, 2.75) is 13.8 Å². The van der Waals surface area contributed by atoms with E-state index in [2.05, 4.69) is 4.98 Å². The number of carboxylic acids is 1. The third-order valence-electron chi connectivity index (χ3n) is 2.47. The van der Waals surface area contributed by atoms with E-state index in [1.165, 1.54) is 12.1 Å². The van der Waals surface area contributed by atoms with Crippen molar-refractivity contribution in [1.82, 2.24) is 4.98 Å². The maximum atomic E-state index is 11.1. The summed E-state index contributed by atoms with van der Waals surface area (Å²) in [5.41, 5.74) is 2.02. The molecule has 0 radical (unpaired) electrons. The number of aromatic nitrogens is 1. The van der Waals surface area contributed by atoms with Crippen LogP contribution in [0.5, 0.6) is 11.6 Å². The van der Waals surface area contributed by atoms with Gasteiger partial charge in [-0.1, -0.05) is 17.7 Å². The minimum Gasteiger partial charge on any atom is -0.477 e. The second-order valence-electron chi connectivity index (χ2n) is 4.22. The molecule has 5 heteroatoms. The fourth-order valence-electron chi connectivity index (χ4n) is 1.76. The zero-order valence-corrected chi connectivity index (χ0v) is 11.2. The Morgan fingerprint density at radius 2 is 1.84 bits per heavy atom. The molecule has 19 heavy (non-hydrogen) atoms. The van der Waals surface area contributed by atoms with Crippen LogP contribution in [0.3, 0.4) is 0 Å². The van der Waals surface area contributed by atoms with Crippen molar-refractivity contribution in [3.05, 3.63) is 52.2 Å². The Kier molecular flexibility index (Phi) is 3.71. The SMILES string of the molecule is Cc1cc(C)cc(Oc2nc(Cl)ccc2C(=O)O)c1. The van der Waals surface area contributed by atoms with Gasteiger partial charge in [0.15, 0.2) is 0 Å². The quantitative estimate of drug-likeness (QED) is 0.866. The number of carboxylic acid groups (broad SMARTS) is 1. The number of hydrogen-bond donors (Lipinski definition) is 1. The van der Waals surface area contributed by atoms with Crippen LogP contribution in [0, 0.1) is 13.8 Å². The molecule has 0 unspecified atom stereocenters. The zero-order chi connectivity index (χ0) is 14.0. The van der Waals surface area contributed by atoms with Crippen molar-refractivity contribution in [2.24, 2.45) is 0 Å². The van der Waals surface area contributed by atoms with Crippen molar-refractivity contribution in [1.29, 1.82) is 0 Å². The molecule has 0 amide bonds. The fourth-order valence-corrected chi connectivity index (χ4v) is 1.90. The summed E-state index contributed by atoms with van der Waals surface area (Å²) in [6.07, 6.45) is 0. The van der Waals surface area contributed by atoms with Crippen LogP contribution < -0.4 is 4.74 Å². The summed E-state index contributed by atoms with van der Waals surface area (Å²) in [7, 11) is 0. The van der Waals surface area contributed by atoms with Gasteiger partial charge in [-0.2, -0.15) is 0 Å². The molecule has 1 aromatic carbocycles. The first kappa shape index (κ1) is 13.4. The van der Waals surface area contributed by atoms with Gasteiger partial charge in [0.05, 0.1) is 0 Å². The lowest BCUT2D eigenvalue weighted by molar-refractivity contribution is 0.0693. The lowest BCUT2D eigenvalue weighted by Crippen LogP contribution is -2.02. The summed E-state index contributed by atoms with van der Waals surface area (Å²) in [6.45, 7) is 3.87. The molecular weight excluding hydrogens is 266 g/mol. The van der Waals surface area contributed by atoms with Crippen LogP contribution in [-0.2, 0) is 0 Å². The van der Waals surface area contributed by atoms with Crippen molar-refractivity contribution in [3.8, 4) is 11.6 Å². The highest BCUT2D eigenvalue weighted by molar-refractivity contribution is 6.29.